The normalized spacial score (nSPS) is 16.5. The maximum absolute atomic E-state index is 11.6. The number of piperazine rings is 1. The van der Waals surface area contributed by atoms with E-state index >= 15 is 0 Å². The van der Waals surface area contributed by atoms with Crippen LogP contribution in [0, 0.1) is 0 Å². The molecule has 0 aliphatic carbocycles. The van der Waals surface area contributed by atoms with E-state index in [1.54, 1.807) is 4.90 Å². The van der Waals surface area contributed by atoms with E-state index in [-0.39, 0.29) is 24.9 Å². The molecule has 5 nitrogen and oxygen atoms in total. The Hall–Kier alpha value is -2.14. The van der Waals surface area contributed by atoms with E-state index in [1.807, 2.05) is 36.4 Å². The number of hydrogen-bond acceptors (Lipinski definition) is 4. The molecule has 1 aromatic carbocycles. The second-order valence-corrected chi connectivity index (χ2v) is 4.43. The lowest BCUT2D eigenvalue weighted by molar-refractivity contribution is -0.143. The van der Waals surface area contributed by atoms with Crippen LogP contribution in [0.1, 0.15) is 5.56 Å². The highest BCUT2D eigenvalue weighted by molar-refractivity contribution is 6.02. The van der Waals surface area contributed by atoms with Crippen LogP contribution in [0.2, 0.25) is 0 Å². The van der Waals surface area contributed by atoms with Crippen molar-refractivity contribution in [1.82, 2.24) is 4.90 Å². The topological polar surface area (TPSA) is 66.6 Å². The van der Waals surface area contributed by atoms with Gasteiger partial charge in [-0.2, -0.15) is 0 Å². The minimum atomic E-state index is -0.177. The number of imide groups is 1. The number of carbonyl (C=O) groups is 2. The van der Waals surface area contributed by atoms with Crippen molar-refractivity contribution in [3.8, 4) is 0 Å². The van der Waals surface area contributed by atoms with Crippen molar-refractivity contribution in [2.75, 3.05) is 31.6 Å². The van der Waals surface area contributed by atoms with Gasteiger partial charge in [0, 0.05) is 19.3 Å². The van der Waals surface area contributed by atoms with E-state index in [2.05, 4.69) is 0 Å². The molecule has 1 heterocycles. The lowest BCUT2D eigenvalue weighted by atomic mass is 10.1. The fourth-order valence-corrected chi connectivity index (χ4v) is 1.92. The first kappa shape index (κ1) is 13.3. The third kappa shape index (κ3) is 3.00. The van der Waals surface area contributed by atoms with Crippen LogP contribution in [-0.4, -0.2) is 43.4 Å². The van der Waals surface area contributed by atoms with Crippen molar-refractivity contribution in [3.05, 3.63) is 35.9 Å². The predicted octanol–water partition coefficient (Wildman–Crippen LogP) is 0.463. The molecule has 0 spiro atoms. The molecule has 5 heteroatoms. The van der Waals surface area contributed by atoms with E-state index in [1.165, 1.54) is 11.9 Å². The van der Waals surface area contributed by atoms with Gasteiger partial charge in [-0.15, -0.1) is 0 Å². The third-order valence-electron chi connectivity index (χ3n) is 3.11. The smallest absolute Gasteiger partial charge is 0.248 e. The largest absolute Gasteiger partial charge is 0.353 e. The molecule has 19 heavy (non-hydrogen) atoms. The summed E-state index contributed by atoms with van der Waals surface area (Å²) in [6.07, 6.45) is 3.81. The van der Waals surface area contributed by atoms with Gasteiger partial charge in [0.25, 0.3) is 0 Å². The molecule has 0 atom stereocenters. The molecule has 0 bridgehead atoms. The Labute approximate surface area is 112 Å². The van der Waals surface area contributed by atoms with Crippen LogP contribution < -0.4 is 10.6 Å². The number of amides is 2. The highest BCUT2D eigenvalue weighted by Gasteiger charge is 2.27. The summed E-state index contributed by atoms with van der Waals surface area (Å²) >= 11 is 0. The first-order valence-corrected chi connectivity index (χ1v) is 6.13. The number of likely N-dealkylation sites (N-methyl/N-ethyl adjacent to an activating group) is 1. The Morgan fingerprint density at radius 1 is 1.16 bits per heavy atom. The molecule has 1 fully saturated rings. The van der Waals surface area contributed by atoms with Crippen LogP contribution in [0.25, 0.3) is 6.08 Å². The molecular weight excluding hydrogens is 242 g/mol. The number of anilines is 1. The third-order valence-corrected chi connectivity index (χ3v) is 3.11. The number of rotatable bonds is 3. The van der Waals surface area contributed by atoms with Crippen LogP contribution in [0.3, 0.4) is 0 Å². The summed E-state index contributed by atoms with van der Waals surface area (Å²) in [4.78, 5) is 26.2. The minimum Gasteiger partial charge on any atom is -0.353 e. The Morgan fingerprint density at radius 3 is 2.26 bits per heavy atom. The summed E-state index contributed by atoms with van der Waals surface area (Å²) < 4.78 is 0. The molecule has 0 aromatic heterocycles. The molecule has 1 aliphatic heterocycles. The van der Waals surface area contributed by atoms with Crippen LogP contribution in [0.5, 0.6) is 0 Å². The van der Waals surface area contributed by atoms with Gasteiger partial charge in [-0.25, -0.2) is 0 Å². The SMILES string of the molecule is CN1C(=O)CN(c2ccc(/C=C/CN)cc2)CC1=O. The van der Waals surface area contributed by atoms with Crippen LogP contribution >= 0.6 is 0 Å². The first-order valence-electron chi connectivity index (χ1n) is 6.13. The van der Waals surface area contributed by atoms with E-state index in [0.717, 1.165) is 11.3 Å². The summed E-state index contributed by atoms with van der Waals surface area (Å²) in [6.45, 7) is 0.976. The predicted molar refractivity (Wildman–Crippen MR) is 74.5 cm³/mol. The number of hydrogen-bond donors (Lipinski definition) is 1. The van der Waals surface area contributed by atoms with Gasteiger partial charge in [0.1, 0.15) is 0 Å². The van der Waals surface area contributed by atoms with Crippen molar-refractivity contribution < 1.29 is 9.59 Å². The summed E-state index contributed by atoms with van der Waals surface area (Å²) in [5.41, 5.74) is 7.31. The Kier molecular flexibility index (Phi) is 3.97. The zero-order valence-electron chi connectivity index (χ0n) is 10.9. The maximum Gasteiger partial charge on any atom is 0.248 e. The van der Waals surface area contributed by atoms with Gasteiger partial charge in [0.15, 0.2) is 0 Å². The summed E-state index contributed by atoms with van der Waals surface area (Å²) in [6, 6.07) is 7.69. The van der Waals surface area contributed by atoms with Crippen LogP contribution in [0.15, 0.2) is 30.3 Å². The summed E-state index contributed by atoms with van der Waals surface area (Å²) in [5, 5.41) is 0. The van der Waals surface area contributed by atoms with E-state index in [0.29, 0.717) is 6.54 Å². The van der Waals surface area contributed by atoms with Crippen LogP contribution in [0.4, 0.5) is 5.69 Å². The molecule has 1 aliphatic rings. The van der Waals surface area contributed by atoms with Crippen molar-refractivity contribution in [3.63, 3.8) is 0 Å². The average molecular weight is 259 g/mol. The molecule has 0 unspecified atom stereocenters. The fraction of sp³-hybridized carbons (Fsp3) is 0.286. The minimum absolute atomic E-state index is 0.177. The zero-order chi connectivity index (χ0) is 13.8. The van der Waals surface area contributed by atoms with Crippen molar-refractivity contribution in [2.45, 2.75) is 0 Å². The lowest BCUT2D eigenvalue weighted by Crippen LogP contribution is -2.52. The summed E-state index contributed by atoms with van der Waals surface area (Å²) in [5.74, 6) is -0.355. The van der Waals surface area contributed by atoms with Crippen molar-refractivity contribution in [1.29, 1.82) is 0 Å². The Morgan fingerprint density at radius 2 is 1.74 bits per heavy atom. The quantitative estimate of drug-likeness (QED) is 0.801. The van der Waals surface area contributed by atoms with Gasteiger partial charge in [-0.05, 0) is 17.7 Å². The highest BCUT2D eigenvalue weighted by Crippen LogP contribution is 2.18. The number of benzene rings is 1. The number of nitrogens with two attached hydrogens (primary N) is 1. The second-order valence-electron chi connectivity index (χ2n) is 4.43. The number of nitrogens with zero attached hydrogens (tertiary/aromatic N) is 2. The van der Waals surface area contributed by atoms with E-state index in [4.69, 9.17) is 5.73 Å². The van der Waals surface area contributed by atoms with Gasteiger partial charge in [-0.3, -0.25) is 14.5 Å². The van der Waals surface area contributed by atoms with Gasteiger partial charge >= 0.3 is 0 Å². The molecule has 1 aromatic rings. The van der Waals surface area contributed by atoms with Crippen molar-refractivity contribution >= 4 is 23.6 Å². The standard InChI is InChI=1S/C14H17N3O2/c1-16-13(18)9-17(10-14(16)19)12-6-4-11(5-7-12)3-2-8-15/h2-7H,8-10,15H2,1H3/b3-2+. The molecule has 2 amide bonds. The van der Waals surface area contributed by atoms with Crippen LogP contribution in [-0.2, 0) is 9.59 Å². The maximum atomic E-state index is 11.6. The highest BCUT2D eigenvalue weighted by atomic mass is 16.2. The molecule has 100 valence electrons. The molecule has 0 radical (unpaired) electrons. The molecular formula is C14H17N3O2. The van der Waals surface area contributed by atoms with Gasteiger partial charge in [0.05, 0.1) is 13.1 Å². The van der Waals surface area contributed by atoms with Gasteiger partial charge in [-0.1, -0.05) is 24.3 Å². The van der Waals surface area contributed by atoms with Gasteiger partial charge in [0.2, 0.25) is 11.8 Å². The lowest BCUT2D eigenvalue weighted by Gasteiger charge is -2.31. The summed E-state index contributed by atoms with van der Waals surface area (Å²) in [7, 11) is 1.52. The molecule has 1 saturated heterocycles. The molecule has 2 N–H and O–H groups in total. The Bertz CT molecular complexity index is 490. The Balaban J connectivity index is 2.12. The zero-order valence-corrected chi connectivity index (χ0v) is 10.9. The number of carbonyl (C=O) groups excluding carboxylic acids is 2. The van der Waals surface area contributed by atoms with Gasteiger partial charge < -0.3 is 10.6 Å². The van der Waals surface area contributed by atoms with E-state index < -0.39 is 0 Å². The fourth-order valence-electron chi connectivity index (χ4n) is 1.92. The van der Waals surface area contributed by atoms with Crippen molar-refractivity contribution in [2.24, 2.45) is 5.73 Å². The monoisotopic (exact) mass is 259 g/mol. The second kappa shape index (κ2) is 5.67. The average Bonchev–Trinajstić information content (AvgIpc) is 2.42. The first-order chi connectivity index (χ1) is 9.11. The van der Waals surface area contributed by atoms with E-state index in [9.17, 15) is 9.59 Å². The molecule has 2 rings (SSSR count). The molecule has 0 saturated carbocycles.